The summed E-state index contributed by atoms with van der Waals surface area (Å²) in [5, 5.41) is 12.4. The SMILES string of the molecule is CC(C)CC(CO)NC1CCN(C)C1=O. The summed E-state index contributed by atoms with van der Waals surface area (Å²) in [4.78, 5) is 13.4. The van der Waals surface area contributed by atoms with Crippen molar-refractivity contribution < 1.29 is 9.90 Å². The van der Waals surface area contributed by atoms with E-state index in [-0.39, 0.29) is 24.6 Å². The molecule has 0 aromatic carbocycles. The van der Waals surface area contributed by atoms with Crippen molar-refractivity contribution >= 4 is 5.91 Å². The molecule has 2 N–H and O–H groups in total. The number of amides is 1. The van der Waals surface area contributed by atoms with E-state index in [9.17, 15) is 9.90 Å². The van der Waals surface area contributed by atoms with Gasteiger partial charge in [-0.25, -0.2) is 0 Å². The third-order valence-corrected chi connectivity index (χ3v) is 2.84. The third-order valence-electron chi connectivity index (χ3n) is 2.84. The number of likely N-dealkylation sites (tertiary alicyclic amines) is 1. The summed E-state index contributed by atoms with van der Waals surface area (Å²) in [6.45, 7) is 5.15. The normalized spacial score (nSPS) is 23.9. The summed E-state index contributed by atoms with van der Waals surface area (Å²) in [5.74, 6) is 0.682. The number of nitrogens with zero attached hydrogens (tertiary/aromatic N) is 1. The van der Waals surface area contributed by atoms with Gasteiger partial charge in [-0.1, -0.05) is 13.8 Å². The van der Waals surface area contributed by atoms with Gasteiger partial charge in [0, 0.05) is 19.6 Å². The molecule has 2 atom stereocenters. The van der Waals surface area contributed by atoms with Crippen LogP contribution in [0.5, 0.6) is 0 Å². The number of carbonyl (C=O) groups is 1. The highest BCUT2D eigenvalue weighted by Gasteiger charge is 2.30. The molecule has 0 spiro atoms. The van der Waals surface area contributed by atoms with E-state index in [0.29, 0.717) is 5.92 Å². The molecule has 1 fully saturated rings. The van der Waals surface area contributed by atoms with Crippen LogP contribution >= 0.6 is 0 Å². The molecule has 0 saturated carbocycles. The molecule has 88 valence electrons. The third kappa shape index (κ3) is 3.47. The first-order valence-electron chi connectivity index (χ1n) is 5.66. The van der Waals surface area contributed by atoms with E-state index >= 15 is 0 Å². The van der Waals surface area contributed by atoms with Crippen molar-refractivity contribution in [1.29, 1.82) is 0 Å². The maximum absolute atomic E-state index is 11.6. The minimum Gasteiger partial charge on any atom is -0.395 e. The number of hydrogen-bond donors (Lipinski definition) is 2. The number of nitrogens with one attached hydrogen (secondary N) is 1. The fraction of sp³-hybridized carbons (Fsp3) is 0.909. The van der Waals surface area contributed by atoms with Crippen LogP contribution in [0.2, 0.25) is 0 Å². The quantitative estimate of drug-likeness (QED) is 0.688. The Balaban J connectivity index is 2.42. The summed E-state index contributed by atoms with van der Waals surface area (Å²) >= 11 is 0. The molecule has 0 radical (unpaired) electrons. The zero-order valence-corrected chi connectivity index (χ0v) is 9.86. The molecule has 1 aliphatic rings. The van der Waals surface area contributed by atoms with Gasteiger partial charge in [0.15, 0.2) is 0 Å². The van der Waals surface area contributed by atoms with E-state index in [1.807, 2.05) is 7.05 Å². The van der Waals surface area contributed by atoms with Crippen LogP contribution in [0.25, 0.3) is 0 Å². The second kappa shape index (κ2) is 5.47. The van der Waals surface area contributed by atoms with Gasteiger partial charge in [0.25, 0.3) is 0 Å². The molecule has 1 rings (SSSR count). The maximum atomic E-state index is 11.6. The second-order valence-electron chi connectivity index (χ2n) is 4.78. The van der Waals surface area contributed by atoms with Crippen molar-refractivity contribution in [3.05, 3.63) is 0 Å². The van der Waals surface area contributed by atoms with Gasteiger partial charge in [0.1, 0.15) is 0 Å². The summed E-state index contributed by atoms with van der Waals surface area (Å²) in [7, 11) is 1.82. The lowest BCUT2D eigenvalue weighted by atomic mass is 10.0. The van der Waals surface area contributed by atoms with E-state index in [2.05, 4.69) is 19.2 Å². The van der Waals surface area contributed by atoms with Gasteiger partial charge >= 0.3 is 0 Å². The van der Waals surface area contributed by atoms with E-state index in [4.69, 9.17) is 0 Å². The Morgan fingerprint density at radius 2 is 2.27 bits per heavy atom. The van der Waals surface area contributed by atoms with Crippen LogP contribution in [0.15, 0.2) is 0 Å². The first-order valence-corrected chi connectivity index (χ1v) is 5.66. The molecule has 1 heterocycles. The van der Waals surface area contributed by atoms with Crippen LogP contribution in [0, 0.1) is 5.92 Å². The van der Waals surface area contributed by atoms with Crippen LogP contribution < -0.4 is 5.32 Å². The lowest BCUT2D eigenvalue weighted by molar-refractivity contribution is -0.128. The highest BCUT2D eigenvalue weighted by Crippen LogP contribution is 2.12. The van der Waals surface area contributed by atoms with Gasteiger partial charge in [-0.3, -0.25) is 4.79 Å². The number of carbonyl (C=O) groups excluding carboxylic acids is 1. The molecule has 1 amide bonds. The number of likely N-dealkylation sites (N-methyl/N-ethyl adjacent to an activating group) is 1. The van der Waals surface area contributed by atoms with E-state index in [0.717, 1.165) is 19.4 Å². The van der Waals surface area contributed by atoms with Crippen LogP contribution in [0.4, 0.5) is 0 Å². The average Bonchev–Trinajstić information content (AvgIpc) is 2.48. The van der Waals surface area contributed by atoms with Gasteiger partial charge in [-0.2, -0.15) is 0 Å². The molecule has 1 saturated heterocycles. The Labute approximate surface area is 91.6 Å². The average molecular weight is 214 g/mol. The Bertz CT molecular complexity index is 219. The van der Waals surface area contributed by atoms with Crippen LogP contribution in [0.3, 0.4) is 0 Å². The second-order valence-corrected chi connectivity index (χ2v) is 4.78. The molecule has 0 bridgehead atoms. The Kier molecular flexibility index (Phi) is 4.54. The van der Waals surface area contributed by atoms with Crippen LogP contribution in [-0.2, 0) is 4.79 Å². The number of aliphatic hydroxyl groups is 1. The fourth-order valence-electron chi connectivity index (χ4n) is 2.03. The zero-order valence-electron chi connectivity index (χ0n) is 9.86. The Morgan fingerprint density at radius 1 is 1.60 bits per heavy atom. The van der Waals surface area contributed by atoms with Crippen molar-refractivity contribution in [2.75, 3.05) is 20.2 Å². The molecule has 4 nitrogen and oxygen atoms in total. The number of aliphatic hydroxyl groups excluding tert-OH is 1. The van der Waals surface area contributed by atoms with Crippen molar-refractivity contribution in [2.45, 2.75) is 38.8 Å². The van der Waals surface area contributed by atoms with Gasteiger partial charge in [-0.05, 0) is 18.8 Å². The summed E-state index contributed by atoms with van der Waals surface area (Å²) < 4.78 is 0. The molecule has 4 heteroatoms. The predicted molar refractivity (Wildman–Crippen MR) is 59.5 cm³/mol. The van der Waals surface area contributed by atoms with E-state index in [1.54, 1.807) is 4.90 Å². The predicted octanol–water partition coefficient (Wildman–Crippen LogP) is 0.214. The molecule has 1 aliphatic heterocycles. The summed E-state index contributed by atoms with van der Waals surface area (Å²) in [6, 6.07) is -0.0450. The smallest absolute Gasteiger partial charge is 0.239 e. The zero-order chi connectivity index (χ0) is 11.4. The molecule has 0 aromatic heterocycles. The van der Waals surface area contributed by atoms with Gasteiger partial charge in [0.05, 0.1) is 12.6 Å². The first-order chi connectivity index (χ1) is 7.04. The number of hydrogen-bond acceptors (Lipinski definition) is 3. The molecular weight excluding hydrogens is 192 g/mol. The van der Waals surface area contributed by atoms with Crippen molar-refractivity contribution in [3.8, 4) is 0 Å². The van der Waals surface area contributed by atoms with Crippen LogP contribution in [-0.4, -0.2) is 48.2 Å². The van der Waals surface area contributed by atoms with E-state index in [1.165, 1.54) is 0 Å². The minimum atomic E-state index is -0.0918. The maximum Gasteiger partial charge on any atom is 0.239 e. The molecule has 2 unspecified atom stereocenters. The Hall–Kier alpha value is -0.610. The molecule has 0 aliphatic carbocycles. The molecule has 15 heavy (non-hydrogen) atoms. The monoisotopic (exact) mass is 214 g/mol. The van der Waals surface area contributed by atoms with Gasteiger partial charge < -0.3 is 15.3 Å². The topological polar surface area (TPSA) is 52.6 Å². The van der Waals surface area contributed by atoms with Crippen molar-refractivity contribution in [1.82, 2.24) is 10.2 Å². The van der Waals surface area contributed by atoms with Crippen molar-refractivity contribution in [3.63, 3.8) is 0 Å². The van der Waals surface area contributed by atoms with Crippen molar-refractivity contribution in [2.24, 2.45) is 5.92 Å². The largest absolute Gasteiger partial charge is 0.395 e. The standard InChI is InChI=1S/C11H22N2O2/c1-8(2)6-9(7-14)12-10-4-5-13(3)11(10)15/h8-10,12,14H,4-7H2,1-3H3. The highest BCUT2D eigenvalue weighted by atomic mass is 16.3. The first kappa shape index (κ1) is 12.5. The van der Waals surface area contributed by atoms with E-state index < -0.39 is 0 Å². The lowest BCUT2D eigenvalue weighted by Crippen LogP contribution is -2.45. The highest BCUT2D eigenvalue weighted by molar-refractivity contribution is 5.83. The minimum absolute atomic E-state index is 0.0467. The number of rotatable bonds is 5. The lowest BCUT2D eigenvalue weighted by Gasteiger charge is -2.21. The summed E-state index contributed by atoms with van der Waals surface area (Å²) in [5.41, 5.74) is 0. The Morgan fingerprint density at radius 3 is 2.67 bits per heavy atom. The van der Waals surface area contributed by atoms with Gasteiger partial charge in [-0.15, -0.1) is 0 Å². The fourth-order valence-corrected chi connectivity index (χ4v) is 2.03. The van der Waals surface area contributed by atoms with Gasteiger partial charge in [0.2, 0.25) is 5.91 Å². The molecular formula is C11H22N2O2. The van der Waals surface area contributed by atoms with Crippen LogP contribution in [0.1, 0.15) is 26.7 Å². The molecule has 0 aromatic rings. The summed E-state index contributed by atoms with van der Waals surface area (Å²) in [6.07, 6.45) is 1.76.